The number of benzene rings is 1. The summed E-state index contributed by atoms with van der Waals surface area (Å²) in [5, 5.41) is 14.8. The van der Waals surface area contributed by atoms with Crippen LogP contribution in [0.4, 0.5) is 0 Å². The Bertz CT molecular complexity index is 374. The maximum Gasteiger partial charge on any atom is 0.170 e. The molecule has 0 spiro atoms. The van der Waals surface area contributed by atoms with Crippen molar-refractivity contribution in [3.63, 3.8) is 0 Å². The van der Waals surface area contributed by atoms with Crippen LogP contribution in [0.15, 0.2) is 23.4 Å². The highest BCUT2D eigenvalue weighted by molar-refractivity contribution is 5.97. The number of nitrogens with zero attached hydrogens (tertiary/aromatic N) is 1. The van der Waals surface area contributed by atoms with Gasteiger partial charge in [0.25, 0.3) is 0 Å². The Hall–Kier alpha value is -1.55. The number of nitrogens with two attached hydrogens (primary N) is 1. The van der Waals surface area contributed by atoms with Gasteiger partial charge < -0.3 is 16.3 Å². The number of amidine groups is 1. The monoisotopic (exact) mass is 191 g/mol. The largest absolute Gasteiger partial charge is 0.409 e. The Morgan fingerprint density at radius 2 is 2.29 bits per heavy atom. The molecule has 1 aromatic carbocycles. The van der Waals surface area contributed by atoms with Crippen LogP contribution in [0.1, 0.15) is 16.7 Å². The maximum absolute atomic E-state index is 8.54. The number of hydrogen-bond donors (Lipinski definition) is 3. The summed E-state index contributed by atoms with van der Waals surface area (Å²) in [6, 6.07) is 5.90. The molecule has 0 aliphatic carbocycles. The van der Waals surface area contributed by atoms with Crippen molar-refractivity contribution in [1.82, 2.24) is 5.32 Å². The normalized spacial score (nSPS) is 16.4. The first-order valence-electron chi connectivity index (χ1n) is 4.61. The summed E-state index contributed by atoms with van der Waals surface area (Å²) in [5.74, 6) is 0.165. The fraction of sp³-hybridized carbons (Fsp3) is 0.300. The van der Waals surface area contributed by atoms with E-state index in [1.54, 1.807) is 0 Å². The molecule has 4 heteroatoms. The molecule has 1 aliphatic heterocycles. The van der Waals surface area contributed by atoms with Gasteiger partial charge in [-0.25, -0.2) is 0 Å². The highest BCUT2D eigenvalue weighted by Gasteiger charge is 2.09. The first kappa shape index (κ1) is 9.02. The van der Waals surface area contributed by atoms with E-state index in [-0.39, 0.29) is 5.84 Å². The third-order valence-electron chi connectivity index (χ3n) is 2.50. The molecule has 1 heterocycles. The van der Waals surface area contributed by atoms with Gasteiger partial charge in [0, 0.05) is 12.1 Å². The lowest BCUT2D eigenvalue weighted by molar-refractivity contribution is 0.318. The Labute approximate surface area is 82.4 Å². The molecule has 4 N–H and O–H groups in total. The highest BCUT2D eigenvalue weighted by atomic mass is 16.4. The van der Waals surface area contributed by atoms with E-state index in [1.165, 1.54) is 11.1 Å². The van der Waals surface area contributed by atoms with Crippen LogP contribution in [0.5, 0.6) is 0 Å². The molecule has 1 aromatic rings. The van der Waals surface area contributed by atoms with Crippen LogP contribution in [0.25, 0.3) is 0 Å². The number of nitrogens with one attached hydrogen (secondary N) is 1. The van der Waals surface area contributed by atoms with Crippen LogP contribution in [-0.4, -0.2) is 17.6 Å². The Kier molecular flexibility index (Phi) is 2.37. The van der Waals surface area contributed by atoms with Crippen LogP contribution >= 0.6 is 0 Å². The van der Waals surface area contributed by atoms with Crippen LogP contribution in [-0.2, 0) is 13.0 Å². The lowest BCUT2D eigenvalue weighted by Crippen LogP contribution is -2.24. The minimum Gasteiger partial charge on any atom is -0.409 e. The lowest BCUT2D eigenvalue weighted by atomic mass is 9.98. The Balaban J connectivity index is 2.38. The lowest BCUT2D eigenvalue weighted by Gasteiger charge is -2.17. The molecule has 2 rings (SSSR count). The van der Waals surface area contributed by atoms with Gasteiger partial charge in [0.1, 0.15) is 0 Å². The molecule has 0 radical (unpaired) electrons. The molecule has 0 amide bonds. The van der Waals surface area contributed by atoms with Crippen molar-refractivity contribution in [2.24, 2.45) is 10.9 Å². The molecule has 0 saturated heterocycles. The zero-order valence-electron chi connectivity index (χ0n) is 7.83. The van der Waals surface area contributed by atoms with E-state index in [4.69, 9.17) is 10.9 Å². The van der Waals surface area contributed by atoms with Crippen LogP contribution in [0.3, 0.4) is 0 Å². The zero-order valence-corrected chi connectivity index (χ0v) is 7.83. The Morgan fingerprint density at radius 1 is 1.43 bits per heavy atom. The van der Waals surface area contributed by atoms with Gasteiger partial charge in [-0.05, 0) is 30.2 Å². The zero-order chi connectivity index (χ0) is 9.97. The molecule has 0 unspecified atom stereocenters. The number of fused-ring (bicyclic) bond motifs is 1. The third-order valence-corrected chi connectivity index (χ3v) is 2.50. The van der Waals surface area contributed by atoms with Crippen molar-refractivity contribution in [3.8, 4) is 0 Å². The second kappa shape index (κ2) is 3.67. The number of oxime groups is 1. The fourth-order valence-corrected chi connectivity index (χ4v) is 1.70. The number of hydrogen-bond acceptors (Lipinski definition) is 3. The summed E-state index contributed by atoms with van der Waals surface area (Å²) in [4.78, 5) is 0. The minimum atomic E-state index is 0.165. The van der Waals surface area contributed by atoms with Gasteiger partial charge >= 0.3 is 0 Å². The summed E-state index contributed by atoms with van der Waals surface area (Å²) < 4.78 is 0. The summed E-state index contributed by atoms with van der Waals surface area (Å²) in [7, 11) is 0. The smallest absolute Gasteiger partial charge is 0.170 e. The van der Waals surface area contributed by atoms with E-state index >= 15 is 0 Å². The topological polar surface area (TPSA) is 70.6 Å². The van der Waals surface area contributed by atoms with Crippen molar-refractivity contribution in [1.29, 1.82) is 0 Å². The Morgan fingerprint density at radius 3 is 3.07 bits per heavy atom. The summed E-state index contributed by atoms with van der Waals surface area (Å²) in [6.07, 6.45) is 1.05. The van der Waals surface area contributed by atoms with Gasteiger partial charge in [0.2, 0.25) is 0 Å². The predicted molar refractivity (Wildman–Crippen MR) is 54.4 cm³/mol. The van der Waals surface area contributed by atoms with Crippen LogP contribution in [0, 0.1) is 0 Å². The van der Waals surface area contributed by atoms with Gasteiger partial charge in [0.15, 0.2) is 5.84 Å². The van der Waals surface area contributed by atoms with Crippen LogP contribution < -0.4 is 11.1 Å². The predicted octanol–water partition coefficient (Wildman–Crippen LogP) is 0.427. The molecule has 0 fully saturated rings. The average Bonchev–Trinajstić information content (AvgIpc) is 2.27. The fourth-order valence-electron chi connectivity index (χ4n) is 1.70. The molecule has 0 saturated carbocycles. The van der Waals surface area contributed by atoms with E-state index in [0.29, 0.717) is 0 Å². The number of rotatable bonds is 1. The van der Waals surface area contributed by atoms with Crippen molar-refractivity contribution in [2.45, 2.75) is 13.0 Å². The van der Waals surface area contributed by atoms with Crippen molar-refractivity contribution < 1.29 is 5.21 Å². The second-order valence-corrected chi connectivity index (χ2v) is 3.40. The third kappa shape index (κ3) is 1.56. The van der Waals surface area contributed by atoms with Gasteiger partial charge in [0.05, 0.1) is 0 Å². The van der Waals surface area contributed by atoms with E-state index in [1.807, 2.05) is 18.2 Å². The van der Waals surface area contributed by atoms with E-state index in [2.05, 4.69) is 10.5 Å². The minimum absolute atomic E-state index is 0.165. The average molecular weight is 191 g/mol. The van der Waals surface area contributed by atoms with Gasteiger partial charge in [-0.1, -0.05) is 17.3 Å². The molecule has 74 valence electrons. The quantitative estimate of drug-likeness (QED) is 0.261. The van der Waals surface area contributed by atoms with Gasteiger partial charge in [-0.2, -0.15) is 0 Å². The standard InChI is InChI=1S/C10H13N3O/c11-10(13-14)8-2-1-7-3-4-12-6-9(7)5-8/h1-2,5,12,14H,3-4,6H2,(H2,11,13). The first-order valence-corrected chi connectivity index (χ1v) is 4.61. The molecule has 4 nitrogen and oxygen atoms in total. The van der Waals surface area contributed by atoms with Crippen molar-refractivity contribution in [3.05, 3.63) is 34.9 Å². The molecule has 0 bridgehead atoms. The summed E-state index contributed by atoms with van der Waals surface area (Å²) in [5.41, 5.74) is 8.86. The molecule has 14 heavy (non-hydrogen) atoms. The van der Waals surface area contributed by atoms with Gasteiger partial charge in [-0.3, -0.25) is 0 Å². The van der Waals surface area contributed by atoms with Crippen molar-refractivity contribution in [2.75, 3.05) is 6.54 Å². The highest BCUT2D eigenvalue weighted by Crippen LogP contribution is 2.15. The second-order valence-electron chi connectivity index (χ2n) is 3.40. The van der Waals surface area contributed by atoms with Crippen molar-refractivity contribution >= 4 is 5.84 Å². The summed E-state index contributed by atoms with van der Waals surface area (Å²) >= 11 is 0. The van der Waals surface area contributed by atoms with Crippen LogP contribution in [0.2, 0.25) is 0 Å². The SMILES string of the molecule is NC(=NO)c1ccc2c(c1)CNCC2. The van der Waals surface area contributed by atoms with E-state index < -0.39 is 0 Å². The molecule has 1 aliphatic rings. The molecule has 0 aromatic heterocycles. The van der Waals surface area contributed by atoms with E-state index in [0.717, 1.165) is 25.1 Å². The first-order chi connectivity index (χ1) is 6.81. The van der Waals surface area contributed by atoms with Gasteiger partial charge in [-0.15, -0.1) is 0 Å². The maximum atomic E-state index is 8.54. The molecular formula is C10H13N3O. The molecule has 0 atom stereocenters. The molecular weight excluding hydrogens is 178 g/mol. The summed E-state index contributed by atoms with van der Waals surface area (Å²) in [6.45, 7) is 1.89. The van der Waals surface area contributed by atoms with E-state index in [9.17, 15) is 0 Å².